The number of hydrogen-bond acceptors (Lipinski definition) is 6. The molecule has 7 heteroatoms. The highest BCUT2D eigenvalue weighted by atomic mass is 16.7. The molecule has 2 heterocycles. The van der Waals surface area contributed by atoms with E-state index in [-0.39, 0.29) is 29.6 Å². The number of rotatable bonds is 9. The van der Waals surface area contributed by atoms with Crippen molar-refractivity contribution in [3.05, 3.63) is 94.0 Å². The monoisotopic (exact) mass is 463 g/mol. The van der Waals surface area contributed by atoms with Gasteiger partial charge in [0.1, 0.15) is 5.58 Å². The SMILES string of the molecule is CCO[C@@H]1OC(C(=O)NCc2ccccc2)=C[C@H](c2coc3ccccc3c2=O)[C@@H]1CCCO. The van der Waals surface area contributed by atoms with Crippen LogP contribution in [0.1, 0.15) is 36.8 Å². The van der Waals surface area contributed by atoms with Crippen molar-refractivity contribution < 1.29 is 23.8 Å². The van der Waals surface area contributed by atoms with Crippen LogP contribution in [0.4, 0.5) is 0 Å². The van der Waals surface area contributed by atoms with Crippen LogP contribution in [0.3, 0.4) is 0 Å². The molecule has 2 N–H and O–H groups in total. The van der Waals surface area contributed by atoms with Crippen molar-refractivity contribution in [1.29, 1.82) is 0 Å². The second kappa shape index (κ2) is 11.1. The zero-order valence-electron chi connectivity index (χ0n) is 19.1. The highest BCUT2D eigenvalue weighted by Gasteiger charge is 2.39. The quantitative estimate of drug-likeness (QED) is 0.500. The number of aliphatic hydroxyl groups excluding tert-OH is 1. The summed E-state index contributed by atoms with van der Waals surface area (Å²) in [5.74, 6) is -1.03. The lowest BCUT2D eigenvalue weighted by atomic mass is 9.81. The number of aliphatic hydroxyl groups is 1. The van der Waals surface area contributed by atoms with Gasteiger partial charge in [0.2, 0.25) is 6.29 Å². The summed E-state index contributed by atoms with van der Waals surface area (Å²) >= 11 is 0. The molecule has 1 aliphatic heterocycles. The Morgan fingerprint density at radius 1 is 1.12 bits per heavy atom. The summed E-state index contributed by atoms with van der Waals surface area (Å²) in [6.45, 7) is 2.57. The zero-order valence-corrected chi connectivity index (χ0v) is 19.1. The van der Waals surface area contributed by atoms with Gasteiger partial charge in [-0.3, -0.25) is 9.59 Å². The summed E-state index contributed by atoms with van der Waals surface area (Å²) in [5.41, 5.74) is 1.74. The molecule has 0 saturated heterocycles. The Morgan fingerprint density at radius 3 is 2.65 bits per heavy atom. The van der Waals surface area contributed by atoms with Crippen molar-refractivity contribution >= 4 is 16.9 Å². The van der Waals surface area contributed by atoms with Crippen molar-refractivity contribution in [2.75, 3.05) is 13.2 Å². The molecule has 0 unspecified atom stereocenters. The van der Waals surface area contributed by atoms with Gasteiger partial charge in [-0.2, -0.15) is 0 Å². The van der Waals surface area contributed by atoms with E-state index in [0.29, 0.717) is 42.5 Å². The first-order chi connectivity index (χ1) is 16.6. The van der Waals surface area contributed by atoms with E-state index < -0.39 is 12.2 Å². The molecule has 0 fully saturated rings. The summed E-state index contributed by atoms with van der Waals surface area (Å²) in [5, 5.41) is 12.8. The van der Waals surface area contributed by atoms with E-state index in [1.807, 2.05) is 43.3 Å². The van der Waals surface area contributed by atoms with Crippen LogP contribution < -0.4 is 10.7 Å². The Kier molecular flexibility index (Phi) is 7.77. The Balaban J connectivity index is 1.70. The average molecular weight is 464 g/mol. The average Bonchev–Trinajstić information content (AvgIpc) is 2.87. The molecule has 0 spiro atoms. The number of nitrogens with one attached hydrogen (secondary N) is 1. The number of amides is 1. The molecule has 1 aliphatic rings. The maximum atomic E-state index is 13.4. The van der Waals surface area contributed by atoms with Crippen LogP contribution in [0, 0.1) is 5.92 Å². The predicted molar refractivity (Wildman–Crippen MR) is 128 cm³/mol. The number of carbonyl (C=O) groups excluding carboxylic acids is 1. The molecule has 0 saturated carbocycles. The predicted octanol–water partition coefficient (Wildman–Crippen LogP) is 3.86. The third-order valence-corrected chi connectivity index (χ3v) is 6.00. The maximum absolute atomic E-state index is 13.4. The van der Waals surface area contributed by atoms with Crippen LogP contribution in [-0.4, -0.2) is 30.5 Å². The Hall–Kier alpha value is -3.42. The Morgan fingerprint density at radius 2 is 1.88 bits per heavy atom. The summed E-state index contributed by atoms with van der Waals surface area (Å²) in [7, 11) is 0. The van der Waals surface area contributed by atoms with Crippen LogP contribution in [0.2, 0.25) is 0 Å². The van der Waals surface area contributed by atoms with Crippen LogP contribution in [0.25, 0.3) is 11.0 Å². The largest absolute Gasteiger partial charge is 0.464 e. The van der Waals surface area contributed by atoms with Crippen molar-refractivity contribution in [3.8, 4) is 0 Å². The van der Waals surface area contributed by atoms with Crippen molar-refractivity contribution in [1.82, 2.24) is 5.32 Å². The molecule has 4 rings (SSSR count). The normalized spacial score (nSPS) is 19.9. The van der Waals surface area contributed by atoms with Gasteiger partial charge in [-0.05, 0) is 43.5 Å². The lowest BCUT2D eigenvalue weighted by molar-refractivity contribution is -0.166. The minimum Gasteiger partial charge on any atom is -0.464 e. The number of ether oxygens (including phenoxy) is 2. The van der Waals surface area contributed by atoms with E-state index >= 15 is 0 Å². The fraction of sp³-hybridized carbons (Fsp3) is 0.333. The first-order valence-corrected chi connectivity index (χ1v) is 11.6. The molecule has 178 valence electrons. The van der Waals surface area contributed by atoms with Gasteiger partial charge in [0.05, 0.1) is 11.6 Å². The van der Waals surface area contributed by atoms with Crippen LogP contribution in [-0.2, 0) is 20.8 Å². The molecule has 1 amide bonds. The molecule has 2 aromatic carbocycles. The molecule has 1 aromatic heterocycles. The molecule has 3 atom stereocenters. The summed E-state index contributed by atoms with van der Waals surface area (Å²) in [4.78, 5) is 26.4. The van der Waals surface area contributed by atoms with Crippen molar-refractivity contribution in [2.45, 2.75) is 38.5 Å². The van der Waals surface area contributed by atoms with Gasteiger partial charge in [0, 0.05) is 37.2 Å². The lowest BCUT2D eigenvalue weighted by Gasteiger charge is -2.36. The molecule has 0 aliphatic carbocycles. The van der Waals surface area contributed by atoms with Crippen LogP contribution in [0.15, 0.2) is 81.9 Å². The number of allylic oxidation sites excluding steroid dienone is 1. The van der Waals surface area contributed by atoms with Crippen molar-refractivity contribution in [2.24, 2.45) is 5.92 Å². The highest BCUT2D eigenvalue weighted by Crippen LogP contribution is 2.38. The second-order valence-electron chi connectivity index (χ2n) is 8.21. The first kappa shape index (κ1) is 23.7. The summed E-state index contributed by atoms with van der Waals surface area (Å²) in [6, 6.07) is 16.6. The summed E-state index contributed by atoms with van der Waals surface area (Å²) < 4.78 is 17.6. The fourth-order valence-corrected chi connectivity index (χ4v) is 4.31. The van der Waals surface area contributed by atoms with Gasteiger partial charge in [0.15, 0.2) is 11.2 Å². The van der Waals surface area contributed by atoms with Crippen molar-refractivity contribution in [3.63, 3.8) is 0 Å². The number of para-hydroxylation sites is 1. The van der Waals surface area contributed by atoms with Crippen LogP contribution >= 0.6 is 0 Å². The second-order valence-corrected chi connectivity index (χ2v) is 8.21. The van der Waals surface area contributed by atoms with E-state index in [9.17, 15) is 14.7 Å². The van der Waals surface area contributed by atoms with Gasteiger partial charge in [0.25, 0.3) is 5.91 Å². The molecule has 34 heavy (non-hydrogen) atoms. The van der Waals surface area contributed by atoms with E-state index in [1.165, 1.54) is 6.26 Å². The minimum absolute atomic E-state index is 0.00251. The molecular weight excluding hydrogens is 434 g/mol. The first-order valence-electron chi connectivity index (χ1n) is 11.6. The Bertz CT molecular complexity index is 1200. The highest BCUT2D eigenvalue weighted by molar-refractivity contribution is 5.91. The molecule has 7 nitrogen and oxygen atoms in total. The molecule has 3 aromatic rings. The lowest BCUT2D eigenvalue weighted by Crippen LogP contribution is -2.40. The maximum Gasteiger partial charge on any atom is 0.286 e. The fourth-order valence-electron chi connectivity index (χ4n) is 4.31. The smallest absolute Gasteiger partial charge is 0.286 e. The van der Waals surface area contributed by atoms with E-state index in [0.717, 1.165) is 5.56 Å². The van der Waals surface area contributed by atoms with E-state index in [1.54, 1.807) is 24.3 Å². The number of carbonyl (C=O) groups is 1. The van der Waals surface area contributed by atoms with Crippen LogP contribution in [0.5, 0.6) is 0 Å². The topological polar surface area (TPSA) is 98.0 Å². The minimum atomic E-state index is -0.741. The number of hydrogen-bond donors (Lipinski definition) is 2. The van der Waals surface area contributed by atoms with E-state index in [2.05, 4.69) is 5.32 Å². The summed E-state index contributed by atoms with van der Waals surface area (Å²) in [6.07, 6.45) is 3.46. The molecular formula is C27H29NO6. The zero-order chi connectivity index (χ0) is 23.9. The third-order valence-electron chi connectivity index (χ3n) is 6.00. The van der Waals surface area contributed by atoms with Gasteiger partial charge >= 0.3 is 0 Å². The van der Waals surface area contributed by atoms with E-state index in [4.69, 9.17) is 13.9 Å². The molecule has 0 radical (unpaired) electrons. The van der Waals surface area contributed by atoms with Gasteiger partial charge in [-0.25, -0.2) is 0 Å². The van der Waals surface area contributed by atoms with Gasteiger partial charge in [-0.1, -0.05) is 42.5 Å². The van der Waals surface area contributed by atoms with Gasteiger partial charge in [-0.15, -0.1) is 0 Å². The number of benzene rings is 2. The standard InChI is InChI=1S/C27H29NO6/c1-2-32-27-19(12-8-14-29)21(22-17-33-23-13-7-6-11-20(23)25(22)30)15-24(34-27)26(31)28-16-18-9-4-3-5-10-18/h3-7,9-11,13,15,17,19,21,27,29H,2,8,12,14,16H2,1H3,(H,28,31)/t19-,21-,27+/m0/s1. The molecule has 0 bridgehead atoms. The third kappa shape index (κ3) is 5.21. The number of fused-ring (bicyclic) bond motifs is 1. The van der Waals surface area contributed by atoms with Gasteiger partial charge < -0.3 is 24.3 Å². The Labute approximate surface area is 198 Å².